The van der Waals surface area contributed by atoms with E-state index in [1.54, 1.807) is 0 Å². The van der Waals surface area contributed by atoms with Crippen molar-refractivity contribution in [3.8, 4) is 0 Å². The van der Waals surface area contributed by atoms with Gasteiger partial charge >= 0.3 is 0 Å². The lowest BCUT2D eigenvalue weighted by atomic mass is 10.1. The van der Waals surface area contributed by atoms with Gasteiger partial charge < -0.3 is 5.32 Å². The molecule has 0 bridgehead atoms. The van der Waals surface area contributed by atoms with Crippen molar-refractivity contribution in [3.63, 3.8) is 0 Å². The molecule has 0 spiro atoms. The number of alkyl halides is 2. The van der Waals surface area contributed by atoms with Gasteiger partial charge in [0, 0.05) is 6.42 Å². The minimum Gasteiger partial charge on any atom is -0.323 e. The zero-order chi connectivity index (χ0) is 15.9. The Hall–Kier alpha value is -0.270. The second-order valence-electron chi connectivity index (χ2n) is 4.79. The van der Waals surface area contributed by atoms with E-state index in [1.807, 2.05) is 14.1 Å². The van der Waals surface area contributed by atoms with Crippen LogP contribution < -0.4 is 5.32 Å². The van der Waals surface area contributed by atoms with Crippen LogP contribution >= 0.6 is 0 Å². The lowest BCUT2D eigenvalue weighted by molar-refractivity contribution is 0.133. The number of nitrogens with one attached hydrogen (secondary N) is 1. The van der Waals surface area contributed by atoms with Crippen LogP contribution in [0.1, 0.15) is 57.8 Å². The Kier molecular flexibility index (Phi) is 16.7. The normalized spacial score (nSPS) is 11.3. The van der Waals surface area contributed by atoms with Crippen molar-refractivity contribution in [1.29, 1.82) is 0 Å². The van der Waals surface area contributed by atoms with Crippen LogP contribution in [0.2, 0.25) is 0 Å². The zero-order valence-corrected chi connectivity index (χ0v) is 13.4. The molecule has 0 radical (unpaired) electrons. The maximum Gasteiger partial charge on any atom is 0.264 e. The fourth-order valence-corrected chi connectivity index (χ4v) is 2.21. The third kappa shape index (κ3) is 26.3. The van der Waals surface area contributed by atoms with Gasteiger partial charge in [-0.2, -0.15) is 8.42 Å². The summed E-state index contributed by atoms with van der Waals surface area (Å²) >= 11 is 0. The minimum absolute atomic E-state index is 0.00560. The van der Waals surface area contributed by atoms with E-state index in [1.165, 1.54) is 0 Å². The van der Waals surface area contributed by atoms with Crippen molar-refractivity contribution >= 4 is 10.1 Å². The molecule has 0 saturated heterocycles. The molecule has 0 aromatic rings. The van der Waals surface area contributed by atoms with Gasteiger partial charge in [-0.15, -0.1) is 0 Å². The van der Waals surface area contributed by atoms with E-state index in [-0.39, 0.29) is 12.2 Å². The van der Waals surface area contributed by atoms with Crippen LogP contribution in [0.5, 0.6) is 0 Å². The molecule has 0 heterocycles. The largest absolute Gasteiger partial charge is 0.323 e. The first-order valence-electron chi connectivity index (χ1n) is 7.15. The van der Waals surface area contributed by atoms with Crippen molar-refractivity contribution in [1.82, 2.24) is 5.32 Å². The summed E-state index contributed by atoms with van der Waals surface area (Å²) in [5, 5.41) is 2.75. The average molecular weight is 317 g/mol. The summed E-state index contributed by atoms with van der Waals surface area (Å²) in [7, 11) is -0.0581. The SMILES string of the molecule is CNC.O=S(=O)(O)CCCCCCCCCCC(F)F. The molecule has 0 aliphatic carbocycles. The quantitative estimate of drug-likeness (QED) is 0.452. The van der Waals surface area contributed by atoms with Gasteiger partial charge in [-0.3, -0.25) is 4.55 Å². The van der Waals surface area contributed by atoms with E-state index < -0.39 is 16.5 Å². The van der Waals surface area contributed by atoms with Gasteiger partial charge in [0.25, 0.3) is 10.1 Å². The number of halogens is 2. The molecule has 0 saturated carbocycles. The van der Waals surface area contributed by atoms with Gasteiger partial charge in [-0.05, 0) is 26.9 Å². The number of hydrogen-bond donors (Lipinski definition) is 2. The molecule has 0 atom stereocenters. The number of hydrogen-bond acceptors (Lipinski definition) is 3. The zero-order valence-electron chi connectivity index (χ0n) is 12.6. The summed E-state index contributed by atoms with van der Waals surface area (Å²) in [5.74, 6) is -0.165. The summed E-state index contributed by atoms with van der Waals surface area (Å²) in [6.07, 6.45) is 4.42. The van der Waals surface area contributed by atoms with Gasteiger partial charge in [0.2, 0.25) is 6.43 Å². The first-order valence-corrected chi connectivity index (χ1v) is 8.76. The molecule has 0 aromatic heterocycles. The Balaban J connectivity index is 0. The average Bonchev–Trinajstić information content (AvgIpc) is 2.31. The van der Waals surface area contributed by atoms with Crippen molar-refractivity contribution in [2.75, 3.05) is 19.8 Å². The summed E-state index contributed by atoms with van der Waals surface area (Å²) in [5.41, 5.74) is 0. The first kappa shape index (κ1) is 22.0. The molecule has 0 rings (SSSR count). The van der Waals surface area contributed by atoms with Crippen molar-refractivity contribution in [3.05, 3.63) is 0 Å². The van der Waals surface area contributed by atoms with E-state index >= 15 is 0 Å². The van der Waals surface area contributed by atoms with E-state index in [4.69, 9.17) is 4.55 Å². The maximum atomic E-state index is 11.8. The Labute approximate surface area is 122 Å². The van der Waals surface area contributed by atoms with Crippen molar-refractivity contribution in [2.45, 2.75) is 64.2 Å². The fraction of sp³-hybridized carbons (Fsp3) is 1.00. The molecule has 0 unspecified atom stereocenters. The van der Waals surface area contributed by atoms with Crippen LogP contribution in [0.15, 0.2) is 0 Å². The molecule has 7 heteroatoms. The molecule has 20 heavy (non-hydrogen) atoms. The number of unbranched alkanes of at least 4 members (excludes halogenated alkanes) is 7. The Morgan fingerprint density at radius 1 is 0.900 bits per heavy atom. The summed E-state index contributed by atoms with van der Waals surface area (Å²) < 4.78 is 52.8. The minimum atomic E-state index is -3.81. The lowest BCUT2D eigenvalue weighted by Crippen LogP contribution is -2.03. The highest BCUT2D eigenvalue weighted by Crippen LogP contribution is 2.12. The molecule has 0 amide bonds. The highest BCUT2D eigenvalue weighted by atomic mass is 32.2. The predicted molar refractivity (Wildman–Crippen MR) is 79.0 cm³/mol. The van der Waals surface area contributed by atoms with Crippen LogP contribution in [-0.2, 0) is 10.1 Å². The lowest BCUT2D eigenvalue weighted by Gasteiger charge is -2.02. The van der Waals surface area contributed by atoms with Gasteiger partial charge in [0.15, 0.2) is 0 Å². The second-order valence-corrected chi connectivity index (χ2v) is 6.37. The topological polar surface area (TPSA) is 66.4 Å². The van der Waals surface area contributed by atoms with Crippen LogP contribution in [0.25, 0.3) is 0 Å². The fourth-order valence-electron chi connectivity index (χ4n) is 1.64. The molecule has 0 fully saturated rings. The molecule has 2 N–H and O–H groups in total. The molecule has 0 aromatic carbocycles. The predicted octanol–water partition coefficient (Wildman–Crippen LogP) is 3.49. The van der Waals surface area contributed by atoms with Gasteiger partial charge in [-0.25, -0.2) is 8.78 Å². The van der Waals surface area contributed by atoms with E-state index in [0.29, 0.717) is 12.8 Å². The van der Waals surface area contributed by atoms with Gasteiger partial charge in [0.1, 0.15) is 0 Å². The number of rotatable bonds is 11. The summed E-state index contributed by atoms with van der Waals surface area (Å²) in [6, 6.07) is 0. The maximum absolute atomic E-state index is 11.8. The van der Waals surface area contributed by atoms with Crippen LogP contribution in [0.3, 0.4) is 0 Å². The Morgan fingerprint density at radius 2 is 1.25 bits per heavy atom. The smallest absolute Gasteiger partial charge is 0.264 e. The van der Waals surface area contributed by atoms with Crippen molar-refractivity contribution < 1.29 is 21.8 Å². The van der Waals surface area contributed by atoms with Gasteiger partial charge in [-0.1, -0.05) is 38.5 Å². The van der Waals surface area contributed by atoms with Crippen molar-refractivity contribution in [2.24, 2.45) is 0 Å². The van der Waals surface area contributed by atoms with Crippen LogP contribution in [-0.4, -0.2) is 39.2 Å². The summed E-state index contributed by atoms with van der Waals surface area (Å²) in [6.45, 7) is 0. The first-order chi connectivity index (χ1) is 9.33. The molecule has 0 aliphatic rings. The highest BCUT2D eigenvalue weighted by Gasteiger charge is 2.03. The third-order valence-corrected chi connectivity index (χ3v) is 3.38. The summed E-state index contributed by atoms with van der Waals surface area (Å²) in [4.78, 5) is 0. The molecular weight excluding hydrogens is 288 g/mol. The van der Waals surface area contributed by atoms with Crippen LogP contribution in [0.4, 0.5) is 8.78 Å². The van der Waals surface area contributed by atoms with E-state index in [2.05, 4.69) is 5.32 Å². The van der Waals surface area contributed by atoms with E-state index in [0.717, 1.165) is 38.5 Å². The molecular formula is C13H29F2NO3S. The molecule has 4 nitrogen and oxygen atoms in total. The highest BCUT2D eigenvalue weighted by molar-refractivity contribution is 7.85. The molecule has 0 aliphatic heterocycles. The Bertz CT molecular complexity index is 285. The van der Waals surface area contributed by atoms with Gasteiger partial charge in [0.05, 0.1) is 5.75 Å². The third-order valence-electron chi connectivity index (χ3n) is 2.57. The van der Waals surface area contributed by atoms with E-state index in [9.17, 15) is 17.2 Å². The Morgan fingerprint density at radius 3 is 1.60 bits per heavy atom. The standard InChI is InChI=1S/C11H22F2O3S.C2H7N/c12-11(13)9-7-5-3-1-2-4-6-8-10-17(14,15)16;1-3-2/h11H,1-10H2,(H,14,15,16);3H,1-2H3. The molecule has 124 valence electrons. The second kappa shape index (κ2) is 15.1. The monoisotopic (exact) mass is 317 g/mol. The van der Waals surface area contributed by atoms with Crippen LogP contribution in [0, 0.1) is 0 Å².